The molecule has 1 heteroatoms. The molecule has 0 radical (unpaired) electrons. The molecule has 1 unspecified atom stereocenters. The van der Waals surface area contributed by atoms with Gasteiger partial charge in [0.1, 0.15) is 0 Å². The normalized spacial score (nSPS) is 55.8. The zero-order valence-corrected chi connectivity index (χ0v) is 13.9. The fraction of sp³-hybridized carbons (Fsp3) is 0.850. The highest BCUT2D eigenvalue weighted by molar-refractivity contribution is 5.97. The molecule has 0 aromatic carbocycles. The lowest BCUT2D eigenvalue weighted by molar-refractivity contribution is -0.137. The summed E-state index contributed by atoms with van der Waals surface area (Å²) < 4.78 is 0. The second-order valence-electron chi connectivity index (χ2n) is 9.14. The second-order valence-corrected chi connectivity index (χ2v) is 9.14. The van der Waals surface area contributed by atoms with Gasteiger partial charge in [0.15, 0.2) is 5.78 Å². The summed E-state index contributed by atoms with van der Waals surface area (Å²) in [6.45, 7) is 7.29. The van der Waals surface area contributed by atoms with E-state index in [0.717, 1.165) is 30.1 Å². The van der Waals surface area contributed by atoms with Gasteiger partial charge in [-0.3, -0.25) is 4.79 Å². The van der Waals surface area contributed by atoms with Gasteiger partial charge in [0.25, 0.3) is 0 Å². The molecule has 0 heterocycles. The molecule has 4 rings (SSSR count). The Morgan fingerprint density at radius 3 is 2.71 bits per heavy atom. The Morgan fingerprint density at radius 2 is 1.90 bits per heavy atom. The van der Waals surface area contributed by atoms with Gasteiger partial charge in [-0.05, 0) is 79.6 Å². The largest absolute Gasteiger partial charge is 0.294 e. The summed E-state index contributed by atoms with van der Waals surface area (Å²) in [5, 5.41) is 0. The minimum atomic E-state index is -0.0493. The molecule has 1 nitrogen and oxygen atoms in total. The highest BCUT2D eigenvalue weighted by atomic mass is 16.1. The zero-order chi connectivity index (χ0) is 14.8. The Balaban J connectivity index is 1.65. The maximum absolute atomic E-state index is 12.3. The molecule has 0 aromatic rings. The van der Waals surface area contributed by atoms with Crippen molar-refractivity contribution < 1.29 is 4.79 Å². The van der Waals surface area contributed by atoms with E-state index in [4.69, 9.17) is 0 Å². The number of ketones is 1. The quantitative estimate of drug-likeness (QED) is 0.611. The van der Waals surface area contributed by atoms with Crippen LogP contribution in [0.5, 0.6) is 0 Å². The van der Waals surface area contributed by atoms with E-state index in [1.54, 1.807) is 0 Å². The molecular formula is C20H30O. The van der Waals surface area contributed by atoms with Crippen molar-refractivity contribution in [1.82, 2.24) is 0 Å². The van der Waals surface area contributed by atoms with Crippen LogP contribution in [0.15, 0.2) is 12.2 Å². The van der Waals surface area contributed by atoms with Crippen LogP contribution in [0.25, 0.3) is 0 Å². The maximum Gasteiger partial charge on any atom is 0.161 e. The Kier molecular flexibility index (Phi) is 2.98. The first kappa shape index (κ1) is 14.0. The first-order chi connectivity index (χ1) is 9.95. The summed E-state index contributed by atoms with van der Waals surface area (Å²) in [5.74, 6) is 4.49. The van der Waals surface area contributed by atoms with Crippen molar-refractivity contribution in [2.24, 2.45) is 40.4 Å². The highest BCUT2D eigenvalue weighted by Crippen LogP contribution is 2.64. The predicted molar refractivity (Wildman–Crippen MR) is 85.8 cm³/mol. The lowest BCUT2D eigenvalue weighted by Gasteiger charge is -2.60. The Bertz CT molecular complexity index is 492. The summed E-state index contributed by atoms with van der Waals surface area (Å²) in [4.78, 5) is 12.3. The van der Waals surface area contributed by atoms with Crippen LogP contribution in [-0.2, 0) is 4.79 Å². The summed E-state index contributed by atoms with van der Waals surface area (Å²) in [7, 11) is 0. The number of carbonyl (C=O) groups excluding carboxylic acids is 1. The van der Waals surface area contributed by atoms with Crippen molar-refractivity contribution in [3.8, 4) is 0 Å². The van der Waals surface area contributed by atoms with E-state index in [2.05, 4.69) is 26.8 Å². The average molecular weight is 286 g/mol. The molecule has 0 aliphatic heterocycles. The smallest absolute Gasteiger partial charge is 0.161 e. The van der Waals surface area contributed by atoms with Crippen LogP contribution in [-0.4, -0.2) is 5.78 Å². The Hall–Kier alpha value is -0.590. The van der Waals surface area contributed by atoms with E-state index in [-0.39, 0.29) is 5.41 Å². The van der Waals surface area contributed by atoms with Crippen LogP contribution in [0.3, 0.4) is 0 Å². The van der Waals surface area contributed by atoms with E-state index in [1.165, 1.54) is 38.5 Å². The predicted octanol–water partition coefficient (Wildman–Crippen LogP) is 5.01. The molecule has 3 fully saturated rings. The Labute approximate surface area is 129 Å². The van der Waals surface area contributed by atoms with Gasteiger partial charge in [0.2, 0.25) is 0 Å². The monoisotopic (exact) mass is 286 g/mol. The van der Waals surface area contributed by atoms with Crippen molar-refractivity contribution >= 4 is 5.78 Å². The van der Waals surface area contributed by atoms with Crippen molar-refractivity contribution in [3.05, 3.63) is 12.2 Å². The van der Waals surface area contributed by atoms with Gasteiger partial charge in [-0.15, -0.1) is 0 Å². The third kappa shape index (κ3) is 1.79. The standard InChI is InChI=1S/C20H30O/c1-13-8-10-19(2)14(12-13)4-5-15-16-6-7-18(21)20(16,3)11-9-17(15)19/h6-7,13-17H,4-5,8-12H2,1-3H3/t13-,14-,15-,16?,17-,19-,20-/m0/s1. The van der Waals surface area contributed by atoms with Gasteiger partial charge >= 0.3 is 0 Å². The van der Waals surface area contributed by atoms with E-state index in [1.807, 2.05) is 6.08 Å². The summed E-state index contributed by atoms with van der Waals surface area (Å²) >= 11 is 0. The topological polar surface area (TPSA) is 17.1 Å². The number of fused-ring (bicyclic) bond motifs is 5. The van der Waals surface area contributed by atoms with Crippen molar-refractivity contribution in [3.63, 3.8) is 0 Å². The summed E-state index contributed by atoms with van der Waals surface area (Å²) in [5.41, 5.74) is 0.516. The number of hydrogen-bond acceptors (Lipinski definition) is 1. The molecule has 0 saturated heterocycles. The molecule has 7 atom stereocenters. The molecule has 116 valence electrons. The number of hydrogen-bond donors (Lipinski definition) is 0. The second kappa shape index (κ2) is 4.46. The first-order valence-corrected chi connectivity index (χ1v) is 9.18. The van der Waals surface area contributed by atoms with Crippen LogP contribution < -0.4 is 0 Å². The van der Waals surface area contributed by atoms with Crippen molar-refractivity contribution in [2.45, 2.75) is 65.7 Å². The molecule has 0 spiro atoms. The SMILES string of the molecule is C[C@H]1CC[C@@]2(C)[C@@H](CC[C@H]3C4C=CC(=O)[C@@]4(C)CC[C@@H]32)C1. The molecular weight excluding hydrogens is 256 g/mol. The van der Waals surface area contributed by atoms with Gasteiger partial charge in [-0.1, -0.05) is 33.3 Å². The van der Waals surface area contributed by atoms with Crippen LogP contribution in [0, 0.1) is 40.4 Å². The molecule has 0 bridgehead atoms. The molecule has 4 aliphatic rings. The van der Waals surface area contributed by atoms with Crippen molar-refractivity contribution in [2.75, 3.05) is 0 Å². The minimum Gasteiger partial charge on any atom is -0.294 e. The number of allylic oxidation sites excluding steroid dienone is 2. The van der Waals surface area contributed by atoms with Gasteiger partial charge in [0, 0.05) is 5.41 Å². The molecule has 3 saturated carbocycles. The zero-order valence-electron chi connectivity index (χ0n) is 13.9. The van der Waals surface area contributed by atoms with Gasteiger partial charge in [0.05, 0.1) is 0 Å². The molecule has 4 aliphatic carbocycles. The van der Waals surface area contributed by atoms with Crippen molar-refractivity contribution in [1.29, 1.82) is 0 Å². The lowest BCUT2D eigenvalue weighted by atomic mass is 9.45. The third-order valence-electron chi connectivity index (χ3n) is 8.20. The van der Waals surface area contributed by atoms with Gasteiger partial charge in [-0.2, -0.15) is 0 Å². The van der Waals surface area contributed by atoms with E-state index in [9.17, 15) is 4.79 Å². The molecule has 0 aromatic heterocycles. The van der Waals surface area contributed by atoms with E-state index < -0.39 is 0 Å². The number of carbonyl (C=O) groups is 1. The van der Waals surface area contributed by atoms with Gasteiger partial charge < -0.3 is 0 Å². The van der Waals surface area contributed by atoms with E-state index in [0.29, 0.717) is 17.1 Å². The van der Waals surface area contributed by atoms with E-state index >= 15 is 0 Å². The van der Waals surface area contributed by atoms with Gasteiger partial charge in [-0.25, -0.2) is 0 Å². The molecule has 0 amide bonds. The lowest BCUT2D eigenvalue weighted by Crippen LogP contribution is -2.53. The van der Waals surface area contributed by atoms with Crippen LogP contribution >= 0.6 is 0 Å². The van der Waals surface area contributed by atoms with Crippen LogP contribution in [0.1, 0.15) is 65.7 Å². The third-order valence-corrected chi connectivity index (χ3v) is 8.20. The summed E-state index contributed by atoms with van der Waals surface area (Å²) in [6.07, 6.45) is 13.7. The molecule has 0 N–H and O–H groups in total. The average Bonchev–Trinajstić information content (AvgIpc) is 2.76. The minimum absolute atomic E-state index is 0.0493. The number of rotatable bonds is 0. The van der Waals surface area contributed by atoms with Crippen LogP contribution in [0.2, 0.25) is 0 Å². The van der Waals surface area contributed by atoms with Crippen LogP contribution in [0.4, 0.5) is 0 Å². The highest BCUT2D eigenvalue weighted by Gasteiger charge is 2.58. The first-order valence-electron chi connectivity index (χ1n) is 9.18. The summed E-state index contributed by atoms with van der Waals surface area (Å²) in [6, 6.07) is 0. The molecule has 21 heavy (non-hydrogen) atoms. The Morgan fingerprint density at radius 1 is 1.10 bits per heavy atom. The fourth-order valence-corrected chi connectivity index (χ4v) is 6.75. The fourth-order valence-electron chi connectivity index (χ4n) is 6.75. The maximum atomic E-state index is 12.3.